The van der Waals surface area contributed by atoms with Crippen molar-refractivity contribution < 1.29 is 4.79 Å². The molecule has 2 saturated carbocycles. The topological polar surface area (TPSA) is 80.9 Å². The average molecular weight is 308 g/mol. The number of nitrogens with two attached hydrogens (primary N) is 1. The molecule has 1 aromatic heterocycles. The molecule has 1 aromatic rings. The Labute approximate surface area is 129 Å². The highest BCUT2D eigenvalue weighted by Gasteiger charge is 2.48. The molecule has 0 aromatic carbocycles. The monoisotopic (exact) mass is 308 g/mol. The summed E-state index contributed by atoms with van der Waals surface area (Å²) in [5, 5.41) is 13.3. The first-order chi connectivity index (χ1) is 9.86. The lowest BCUT2D eigenvalue weighted by Gasteiger charge is -2.26. The second-order valence-electron chi connectivity index (χ2n) is 7.41. The zero-order chi connectivity index (χ0) is 15.2. The van der Waals surface area contributed by atoms with Crippen molar-refractivity contribution in [3.63, 3.8) is 0 Å². The molecule has 0 saturated heterocycles. The molecule has 3 rings (SSSR count). The van der Waals surface area contributed by atoms with E-state index in [1.54, 1.807) is 11.3 Å². The number of nitrogens with one attached hydrogen (secondary N) is 1. The molecule has 3 N–H and O–H groups in total. The zero-order valence-electron chi connectivity index (χ0n) is 12.9. The second kappa shape index (κ2) is 5.32. The van der Waals surface area contributed by atoms with E-state index in [1.807, 2.05) is 0 Å². The molecule has 1 heterocycles. The summed E-state index contributed by atoms with van der Waals surface area (Å²) in [6.45, 7) is 6.81. The van der Waals surface area contributed by atoms with Gasteiger partial charge in [-0.3, -0.25) is 4.79 Å². The molecule has 1 amide bonds. The van der Waals surface area contributed by atoms with Crippen LogP contribution in [0, 0.1) is 17.8 Å². The molecule has 21 heavy (non-hydrogen) atoms. The number of aromatic nitrogens is 2. The molecule has 0 aliphatic heterocycles. The van der Waals surface area contributed by atoms with E-state index in [9.17, 15) is 4.79 Å². The van der Waals surface area contributed by atoms with E-state index in [2.05, 4.69) is 36.3 Å². The Morgan fingerprint density at radius 3 is 2.62 bits per heavy atom. The van der Waals surface area contributed by atoms with Gasteiger partial charge < -0.3 is 11.1 Å². The fraction of sp³-hybridized carbons (Fsp3) is 0.800. The summed E-state index contributed by atoms with van der Waals surface area (Å²) in [5.41, 5.74) is 6.22. The van der Waals surface area contributed by atoms with Gasteiger partial charge >= 0.3 is 0 Å². The first kappa shape index (κ1) is 14.9. The van der Waals surface area contributed by atoms with Crippen LogP contribution in [0.5, 0.6) is 0 Å². The van der Waals surface area contributed by atoms with Gasteiger partial charge in [0.15, 0.2) is 0 Å². The van der Waals surface area contributed by atoms with Crippen molar-refractivity contribution in [3.05, 3.63) is 10.0 Å². The minimum Gasteiger partial charge on any atom is -0.349 e. The summed E-state index contributed by atoms with van der Waals surface area (Å²) in [5.74, 6) is 1.14. The Bertz CT molecular complexity index is 534. The van der Waals surface area contributed by atoms with Gasteiger partial charge in [-0.15, -0.1) is 10.2 Å². The van der Waals surface area contributed by atoms with Crippen LogP contribution in [0.4, 0.5) is 0 Å². The number of nitrogens with zero attached hydrogens (tertiary/aromatic N) is 2. The molecule has 0 radical (unpaired) electrons. The Kier molecular flexibility index (Phi) is 3.78. The minimum absolute atomic E-state index is 0.00115. The third kappa shape index (κ3) is 2.83. The molecule has 2 aliphatic carbocycles. The van der Waals surface area contributed by atoms with Crippen LogP contribution in [0.15, 0.2) is 0 Å². The largest absolute Gasteiger partial charge is 0.349 e. The molecule has 2 bridgehead atoms. The van der Waals surface area contributed by atoms with Crippen molar-refractivity contribution >= 4 is 17.2 Å². The Hall–Kier alpha value is -1.01. The number of amides is 1. The fourth-order valence-electron chi connectivity index (χ4n) is 3.63. The number of hydrogen-bond acceptors (Lipinski definition) is 5. The molecule has 4 atom stereocenters. The van der Waals surface area contributed by atoms with E-state index in [4.69, 9.17) is 5.73 Å². The highest BCUT2D eigenvalue weighted by Crippen LogP contribution is 2.47. The van der Waals surface area contributed by atoms with E-state index >= 15 is 0 Å². The normalized spacial score (nSPS) is 31.6. The summed E-state index contributed by atoms with van der Waals surface area (Å²) >= 11 is 1.57. The molecule has 116 valence electrons. The van der Waals surface area contributed by atoms with Crippen LogP contribution >= 0.6 is 11.3 Å². The lowest BCUT2D eigenvalue weighted by molar-refractivity contribution is -0.127. The lowest BCUT2D eigenvalue weighted by Crippen LogP contribution is -2.45. The van der Waals surface area contributed by atoms with Crippen LogP contribution in [0.3, 0.4) is 0 Å². The highest BCUT2D eigenvalue weighted by atomic mass is 32.1. The summed E-state index contributed by atoms with van der Waals surface area (Å²) in [7, 11) is 0. The minimum atomic E-state index is -0.00115. The standard InChI is InChI=1S/C15H24N4OS/c1-15(2,3)14-19-18-10(21-14)7-17-13(20)11-8-4-5-9(6-8)12(11)16/h8-9,11-12H,4-7,16H2,1-3H3,(H,17,20). The van der Waals surface area contributed by atoms with Crippen molar-refractivity contribution in [3.8, 4) is 0 Å². The van der Waals surface area contributed by atoms with Crippen LogP contribution < -0.4 is 11.1 Å². The Morgan fingerprint density at radius 2 is 2.05 bits per heavy atom. The third-order valence-corrected chi connectivity index (χ3v) is 6.15. The molecule has 0 spiro atoms. The quantitative estimate of drug-likeness (QED) is 0.892. The van der Waals surface area contributed by atoms with E-state index < -0.39 is 0 Å². The van der Waals surface area contributed by atoms with Gasteiger partial charge in [0.2, 0.25) is 5.91 Å². The summed E-state index contributed by atoms with van der Waals surface area (Å²) in [6, 6.07) is 0.0447. The van der Waals surface area contributed by atoms with Crippen molar-refractivity contribution in [2.24, 2.45) is 23.5 Å². The van der Waals surface area contributed by atoms with E-state index in [1.165, 1.54) is 6.42 Å². The van der Waals surface area contributed by atoms with Gasteiger partial charge in [0.05, 0.1) is 12.5 Å². The lowest BCUT2D eigenvalue weighted by atomic mass is 9.84. The predicted octanol–water partition coefficient (Wildman–Crippen LogP) is 1.83. The Balaban J connectivity index is 1.58. The fourth-order valence-corrected chi connectivity index (χ4v) is 4.47. The number of rotatable bonds is 3. The first-order valence-corrected chi connectivity index (χ1v) is 8.54. The van der Waals surface area contributed by atoms with Crippen LogP contribution in [0.2, 0.25) is 0 Å². The first-order valence-electron chi connectivity index (χ1n) is 7.72. The maximum absolute atomic E-state index is 12.4. The van der Waals surface area contributed by atoms with Crippen LogP contribution in [0.25, 0.3) is 0 Å². The smallest absolute Gasteiger partial charge is 0.225 e. The van der Waals surface area contributed by atoms with Crippen molar-refractivity contribution in [1.82, 2.24) is 15.5 Å². The van der Waals surface area contributed by atoms with Gasteiger partial charge in [0.25, 0.3) is 0 Å². The Morgan fingerprint density at radius 1 is 1.33 bits per heavy atom. The number of fused-ring (bicyclic) bond motifs is 2. The van der Waals surface area contributed by atoms with Crippen molar-refractivity contribution in [2.45, 2.75) is 58.0 Å². The van der Waals surface area contributed by atoms with E-state index in [-0.39, 0.29) is 23.3 Å². The molecule has 5 nitrogen and oxygen atoms in total. The molecular weight excluding hydrogens is 284 g/mol. The number of hydrogen-bond donors (Lipinski definition) is 2. The average Bonchev–Trinajstić information content (AvgIpc) is 3.10. The summed E-state index contributed by atoms with van der Waals surface area (Å²) in [4.78, 5) is 12.4. The number of carbonyl (C=O) groups excluding carboxylic acids is 1. The SMILES string of the molecule is CC(C)(C)c1nnc(CNC(=O)C2C3CCC(C3)C2N)s1. The van der Waals surface area contributed by atoms with Gasteiger partial charge in [-0.25, -0.2) is 0 Å². The summed E-state index contributed by atoms with van der Waals surface area (Å²) in [6.07, 6.45) is 3.48. The second-order valence-corrected chi connectivity index (χ2v) is 8.47. The zero-order valence-corrected chi connectivity index (χ0v) is 13.7. The number of carbonyl (C=O) groups is 1. The summed E-state index contributed by atoms with van der Waals surface area (Å²) < 4.78 is 0. The van der Waals surface area contributed by atoms with Crippen LogP contribution in [0.1, 0.15) is 50.0 Å². The molecule has 6 heteroatoms. The molecule has 2 aliphatic rings. The van der Waals surface area contributed by atoms with E-state index in [0.717, 1.165) is 22.9 Å². The van der Waals surface area contributed by atoms with Gasteiger partial charge in [0, 0.05) is 11.5 Å². The van der Waals surface area contributed by atoms with Gasteiger partial charge in [-0.05, 0) is 31.1 Å². The van der Waals surface area contributed by atoms with Gasteiger partial charge in [-0.2, -0.15) is 0 Å². The molecule has 4 unspecified atom stereocenters. The molecule has 2 fully saturated rings. The van der Waals surface area contributed by atoms with Crippen LogP contribution in [-0.2, 0) is 16.8 Å². The van der Waals surface area contributed by atoms with Crippen molar-refractivity contribution in [2.75, 3.05) is 0 Å². The molecular formula is C15H24N4OS. The van der Waals surface area contributed by atoms with Crippen molar-refractivity contribution in [1.29, 1.82) is 0 Å². The maximum atomic E-state index is 12.4. The third-order valence-electron chi connectivity index (χ3n) is 4.81. The van der Waals surface area contributed by atoms with Gasteiger partial charge in [0.1, 0.15) is 10.0 Å². The predicted molar refractivity (Wildman–Crippen MR) is 82.8 cm³/mol. The maximum Gasteiger partial charge on any atom is 0.225 e. The van der Waals surface area contributed by atoms with E-state index in [0.29, 0.717) is 18.4 Å². The van der Waals surface area contributed by atoms with Gasteiger partial charge in [-0.1, -0.05) is 32.1 Å². The highest BCUT2D eigenvalue weighted by molar-refractivity contribution is 7.11. The van der Waals surface area contributed by atoms with Crippen LogP contribution in [-0.4, -0.2) is 22.1 Å².